The maximum atomic E-state index is 12.4. The second-order valence-electron chi connectivity index (χ2n) is 6.71. The second-order valence-corrected chi connectivity index (χ2v) is 7.62. The van der Waals surface area contributed by atoms with Gasteiger partial charge in [-0.05, 0) is 66.6 Å². The molecule has 0 heterocycles. The Hall–Kier alpha value is -3.65. The van der Waals surface area contributed by atoms with Crippen molar-refractivity contribution in [1.29, 1.82) is 0 Å². The zero-order valence-electron chi connectivity index (χ0n) is 17.5. The minimum atomic E-state index is -0.508. The van der Waals surface area contributed by atoms with E-state index >= 15 is 0 Å². The Kier molecular flexibility index (Phi) is 7.99. The summed E-state index contributed by atoms with van der Waals surface area (Å²) < 4.78 is 17.0. The van der Waals surface area contributed by atoms with Gasteiger partial charge < -0.3 is 14.2 Å². The Labute approximate surface area is 194 Å². The van der Waals surface area contributed by atoms with Gasteiger partial charge in [-0.1, -0.05) is 34.1 Å². The van der Waals surface area contributed by atoms with Crippen molar-refractivity contribution >= 4 is 34.0 Å². The van der Waals surface area contributed by atoms with Gasteiger partial charge in [0.2, 0.25) is 0 Å². The quantitative estimate of drug-likeness (QED) is 0.214. The predicted octanol–water partition coefficient (Wildman–Crippen LogP) is 4.51. The van der Waals surface area contributed by atoms with E-state index in [9.17, 15) is 9.59 Å². The van der Waals surface area contributed by atoms with E-state index in [2.05, 4.69) is 26.5 Å². The molecule has 0 aliphatic rings. The Morgan fingerprint density at radius 3 is 2.59 bits per heavy atom. The number of nitrogens with zero attached hydrogens (tertiary/aromatic N) is 1. The van der Waals surface area contributed by atoms with Crippen LogP contribution in [0.1, 0.15) is 21.5 Å². The van der Waals surface area contributed by atoms with Gasteiger partial charge in [0.1, 0.15) is 5.75 Å². The molecular formula is C24H21BrN2O5. The van der Waals surface area contributed by atoms with Crippen molar-refractivity contribution in [3.63, 3.8) is 0 Å². The van der Waals surface area contributed by atoms with E-state index in [4.69, 9.17) is 14.2 Å². The number of amides is 1. The van der Waals surface area contributed by atoms with E-state index in [0.717, 1.165) is 10.0 Å². The van der Waals surface area contributed by atoms with Crippen LogP contribution >= 0.6 is 15.9 Å². The monoisotopic (exact) mass is 496 g/mol. The number of halogens is 1. The van der Waals surface area contributed by atoms with Crippen LogP contribution in [0.4, 0.5) is 0 Å². The summed E-state index contributed by atoms with van der Waals surface area (Å²) in [5.74, 6) is 0.333. The van der Waals surface area contributed by atoms with Gasteiger partial charge in [0, 0.05) is 4.47 Å². The van der Waals surface area contributed by atoms with E-state index in [0.29, 0.717) is 22.6 Å². The molecule has 0 unspecified atom stereocenters. The highest BCUT2D eigenvalue weighted by Gasteiger charge is 2.13. The molecule has 0 aliphatic carbocycles. The molecule has 0 atom stereocenters. The molecule has 8 heteroatoms. The smallest absolute Gasteiger partial charge is 0.343 e. The Morgan fingerprint density at radius 2 is 1.84 bits per heavy atom. The van der Waals surface area contributed by atoms with Crippen LogP contribution in [0.15, 0.2) is 76.3 Å². The Morgan fingerprint density at radius 1 is 1.03 bits per heavy atom. The molecule has 7 nitrogen and oxygen atoms in total. The van der Waals surface area contributed by atoms with Crippen LogP contribution in [-0.4, -0.2) is 31.8 Å². The van der Waals surface area contributed by atoms with Crippen molar-refractivity contribution in [2.75, 3.05) is 13.7 Å². The lowest BCUT2D eigenvalue weighted by Gasteiger charge is -2.10. The topological polar surface area (TPSA) is 86.2 Å². The van der Waals surface area contributed by atoms with Gasteiger partial charge in [-0.15, -0.1) is 0 Å². The Balaban J connectivity index is 1.57. The summed E-state index contributed by atoms with van der Waals surface area (Å²) in [7, 11) is 1.47. The average molecular weight is 497 g/mol. The third-order valence-corrected chi connectivity index (χ3v) is 4.71. The van der Waals surface area contributed by atoms with Gasteiger partial charge in [0.15, 0.2) is 18.1 Å². The molecule has 0 aromatic heterocycles. The zero-order valence-corrected chi connectivity index (χ0v) is 19.1. The van der Waals surface area contributed by atoms with Crippen LogP contribution in [0.2, 0.25) is 0 Å². The van der Waals surface area contributed by atoms with Gasteiger partial charge in [-0.2, -0.15) is 5.10 Å². The first-order valence-corrected chi connectivity index (χ1v) is 10.4. The molecule has 0 aliphatic heterocycles. The van der Waals surface area contributed by atoms with Crippen molar-refractivity contribution in [2.45, 2.75) is 6.92 Å². The number of methoxy groups -OCH3 is 1. The fourth-order valence-corrected chi connectivity index (χ4v) is 3.09. The van der Waals surface area contributed by atoms with Gasteiger partial charge in [0.05, 0.1) is 18.9 Å². The van der Waals surface area contributed by atoms with E-state index in [1.165, 1.54) is 13.3 Å². The molecule has 0 fully saturated rings. The van der Waals surface area contributed by atoms with E-state index < -0.39 is 11.9 Å². The molecule has 32 heavy (non-hydrogen) atoms. The van der Waals surface area contributed by atoms with Crippen molar-refractivity contribution in [2.24, 2.45) is 5.10 Å². The summed E-state index contributed by atoms with van der Waals surface area (Å²) in [5, 5.41) is 3.92. The van der Waals surface area contributed by atoms with E-state index in [-0.39, 0.29) is 12.4 Å². The highest BCUT2D eigenvalue weighted by Crippen LogP contribution is 2.28. The molecule has 3 rings (SSSR count). The number of hydrogen-bond donors (Lipinski definition) is 1. The lowest BCUT2D eigenvalue weighted by molar-refractivity contribution is -0.123. The number of hydrazone groups is 1. The SMILES string of the molecule is COc1cc(C=NNC(=O)COc2cccc(C)c2)ccc1OC(=O)c1cccc(Br)c1. The van der Waals surface area contributed by atoms with Crippen LogP contribution in [0, 0.1) is 6.92 Å². The molecule has 0 radical (unpaired) electrons. The largest absolute Gasteiger partial charge is 0.493 e. The van der Waals surface area contributed by atoms with Crippen LogP contribution in [-0.2, 0) is 4.79 Å². The molecule has 3 aromatic rings. The van der Waals surface area contributed by atoms with Crippen LogP contribution < -0.4 is 19.6 Å². The van der Waals surface area contributed by atoms with E-state index in [1.54, 1.807) is 42.5 Å². The van der Waals surface area contributed by atoms with Crippen molar-refractivity contribution in [1.82, 2.24) is 5.43 Å². The van der Waals surface area contributed by atoms with Crippen molar-refractivity contribution in [3.05, 3.63) is 87.9 Å². The summed E-state index contributed by atoms with van der Waals surface area (Å²) in [6.07, 6.45) is 1.45. The van der Waals surface area contributed by atoms with Gasteiger partial charge in [-0.25, -0.2) is 10.2 Å². The maximum absolute atomic E-state index is 12.4. The maximum Gasteiger partial charge on any atom is 0.343 e. The number of aryl methyl sites for hydroxylation is 1. The fraction of sp³-hybridized carbons (Fsp3) is 0.125. The lowest BCUT2D eigenvalue weighted by Crippen LogP contribution is -2.24. The number of carbonyl (C=O) groups is 2. The normalized spacial score (nSPS) is 10.6. The number of esters is 1. The second kappa shape index (κ2) is 11.1. The number of hydrogen-bond acceptors (Lipinski definition) is 6. The van der Waals surface area contributed by atoms with E-state index in [1.807, 2.05) is 31.2 Å². The van der Waals surface area contributed by atoms with Gasteiger partial charge in [-0.3, -0.25) is 4.79 Å². The zero-order chi connectivity index (χ0) is 22.9. The third kappa shape index (κ3) is 6.68. The average Bonchev–Trinajstić information content (AvgIpc) is 2.78. The molecular weight excluding hydrogens is 476 g/mol. The number of rotatable bonds is 8. The predicted molar refractivity (Wildman–Crippen MR) is 125 cm³/mol. The molecule has 0 spiro atoms. The summed E-state index contributed by atoms with van der Waals surface area (Å²) in [6.45, 7) is 1.78. The fourth-order valence-electron chi connectivity index (χ4n) is 2.69. The number of carbonyl (C=O) groups excluding carboxylic acids is 2. The molecule has 0 bridgehead atoms. The van der Waals surface area contributed by atoms with Crippen molar-refractivity contribution in [3.8, 4) is 17.2 Å². The third-order valence-electron chi connectivity index (χ3n) is 4.21. The number of ether oxygens (including phenoxy) is 3. The van der Waals surface area contributed by atoms with Gasteiger partial charge >= 0.3 is 5.97 Å². The first kappa shape index (κ1) is 23.0. The van der Waals surface area contributed by atoms with Crippen LogP contribution in [0.3, 0.4) is 0 Å². The molecule has 3 aromatic carbocycles. The first-order chi connectivity index (χ1) is 15.4. The molecule has 1 N–H and O–H groups in total. The minimum Gasteiger partial charge on any atom is -0.493 e. The molecule has 1 amide bonds. The van der Waals surface area contributed by atoms with Crippen molar-refractivity contribution < 1.29 is 23.8 Å². The minimum absolute atomic E-state index is 0.158. The Bertz CT molecular complexity index is 1150. The molecule has 164 valence electrons. The summed E-state index contributed by atoms with van der Waals surface area (Å²) in [4.78, 5) is 24.3. The first-order valence-electron chi connectivity index (χ1n) is 9.62. The molecule has 0 saturated carbocycles. The lowest BCUT2D eigenvalue weighted by atomic mass is 10.2. The highest BCUT2D eigenvalue weighted by atomic mass is 79.9. The summed E-state index contributed by atoms with van der Waals surface area (Å²) >= 11 is 3.33. The van der Waals surface area contributed by atoms with Crippen LogP contribution in [0.5, 0.6) is 17.2 Å². The van der Waals surface area contributed by atoms with Crippen LogP contribution in [0.25, 0.3) is 0 Å². The standard InChI is InChI=1S/C24H21BrN2O5/c1-16-5-3-8-20(11-16)31-15-23(28)27-26-14-17-9-10-21(22(12-17)30-2)32-24(29)18-6-4-7-19(25)13-18/h3-14H,15H2,1-2H3,(H,27,28). The van der Waals surface area contributed by atoms with Gasteiger partial charge in [0.25, 0.3) is 5.91 Å². The summed E-state index contributed by atoms with van der Waals surface area (Å²) in [6, 6.07) is 19.2. The molecule has 0 saturated heterocycles. The number of benzene rings is 3. The summed E-state index contributed by atoms with van der Waals surface area (Å²) in [5.41, 5.74) is 4.49. The number of nitrogens with one attached hydrogen (secondary N) is 1. The highest BCUT2D eigenvalue weighted by molar-refractivity contribution is 9.10.